The Labute approximate surface area is 106 Å². The fourth-order valence-electron chi connectivity index (χ4n) is 0.912. The molecule has 0 unspecified atom stereocenters. The monoisotopic (exact) mass is 413 g/mol. The van der Waals surface area contributed by atoms with E-state index in [1.54, 1.807) is 2.88 Å². The van der Waals surface area contributed by atoms with Crippen LogP contribution in [-0.2, 0) is 0 Å². The molecular formula is C10H7I2S+. The van der Waals surface area contributed by atoms with Crippen molar-refractivity contribution in [3.63, 3.8) is 0 Å². The first kappa shape index (κ1) is 9.92. The first-order valence-electron chi connectivity index (χ1n) is 3.78. The molecule has 0 saturated heterocycles. The summed E-state index contributed by atoms with van der Waals surface area (Å²) in [7, 11) is 0. The Hall–Kier alpha value is 0.380. The molecule has 1 aromatic heterocycles. The van der Waals surface area contributed by atoms with E-state index >= 15 is 0 Å². The average molecular weight is 413 g/mol. The second-order valence-corrected chi connectivity index (χ2v) is 8.32. The van der Waals surface area contributed by atoms with E-state index in [0.29, 0.717) is 0 Å². The summed E-state index contributed by atoms with van der Waals surface area (Å²) in [6.07, 6.45) is 0. The Balaban J connectivity index is 2.15. The summed E-state index contributed by atoms with van der Waals surface area (Å²) in [6, 6.07) is 13.2. The van der Waals surface area contributed by atoms with Crippen LogP contribution in [0.25, 0.3) is 0 Å². The maximum Gasteiger partial charge on any atom is 0.369 e. The summed E-state index contributed by atoms with van der Waals surface area (Å²) in [5.74, 6) is 0. The van der Waals surface area contributed by atoms with Crippen molar-refractivity contribution in [2.24, 2.45) is 0 Å². The van der Waals surface area contributed by atoms with E-state index in [1.165, 1.54) is 7.14 Å². The molecule has 13 heavy (non-hydrogen) atoms. The summed E-state index contributed by atoms with van der Waals surface area (Å²) in [4.78, 5) is 0. The summed E-state index contributed by atoms with van der Waals surface area (Å²) in [6.45, 7) is 0. The van der Waals surface area contributed by atoms with Gasteiger partial charge in [0.15, 0.2) is 3.57 Å². The molecule has 0 atom stereocenters. The predicted molar refractivity (Wildman–Crippen MR) is 60.9 cm³/mol. The molecule has 0 radical (unpaired) electrons. The maximum absolute atomic E-state index is 2.34. The van der Waals surface area contributed by atoms with E-state index < -0.39 is 0 Å². The molecule has 0 aliphatic carbocycles. The Bertz CT molecular complexity index is 364. The van der Waals surface area contributed by atoms with Gasteiger partial charge in [-0.3, -0.25) is 0 Å². The van der Waals surface area contributed by atoms with Crippen LogP contribution < -0.4 is 21.2 Å². The molecule has 0 amide bonds. The second-order valence-electron chi connectivity index (χ2n) is 2.45. The van der Waals surface area contributed by atoms with Gasteiger partial charge in [-0.1, -0.05) is 11.3 Å². The largest absolute Gasteiger partial charge is 0.369 e. The molecular weight excluding hydrogens is 406 g/mol. The van der Waals surface area contributed by atoms with Gasteiger partial charge in [-0.2, -0.15) is 0 Å². The molecule has 0 fully saturated rings. The van der Waals surface area contributed by atoms with Crippen molar-refractivity contribution in [2.45, 2.75) is 0 Å². The molecule has 2 rings (SSSR count). The molecule has 66 valence electrons. The molecule has 0 saturated carbocycles. The third-order valence-corrected chi connectivity index (χ3v) is 6.38. The normalized spacial score (nSPS) is 10.2. The Kier molecular flexibility index (Phi) is 3.62. The van der Waals surface area contributed by atoms with Gasteiger partial charge >= 0.3 is 21.2 Å². The van der Waals surface area contributed by atoms with Crippen LogP contribution in [-0.4, -0.2) is 0 Å². The molecule has 1 aromatic carbocycles. The van der Waals surface area contributed by atoms with Gasteiger partial charge in [-0.05, 0) is 58.3 Å². The van der Waals surface area contributed by atoms with Gasteiger partial charge in [0.25, 0.3) is 0 Å². The van der Waals surface area contributed by atoms with Crippen molar-refractivity contribution >= 4 is 33.9 Å². The van der Waals surface area contributed by atoms with Crippen molar-refractivity contribution < 1.29 is 21.2 Å². The fraction of sp³-hybridized carbons (Fsp3) is 0. The van der Waals surface area contributed by atoms with Crippen LogP contribution in [0.3, 0.4) is 0 Å². The predicted octanol–water partition coefficient (Wildman–Crippen LogP) is 0.481. The topological polar surface area (TPSA) is 0 Å². The minimum atomic E-state index is 0.0687. The van der Waals surface area contributed by atoms with Crippen LogP contribution in [0.4, 0.5) is 0 Å². The number of thiophene rings is 1. The molecule has 2 aromatic rings. The van der Waals surface area contributed by atoms with E-state index in [9.17, 15) is 0 Å². The molecule has 1 heterocycles. The van der Waals surface area contributed by atoms with Gasteiger partial charge in [-0.25, -0.2) is 0 Å². The molecule has 0 bridgehead atoms. The standard InChI is InChI=1S/C10H7I2S/c11-8-3-5-9(6-4-8)12-10-2-1-7-13-10/h1-7H/q+1. The summed E-state index contributed by atoms with van der Waals surface area (Å²) >= 11 is 4.28. The van der Waals surface area contributed by atoms with Crippen molar-refractivity contribution in [3.05, 3.63) is 51.8 Å². The molecule has 0 aliphatic heterocycles. The zero-order chi connectivity index (χ0) is 9.10. The average Bonchev–Trinajstić information content (AvgIpc) is 2.62. The van der Waals surface area contributed by atoms with E-state index in [1.807, 2.05) is 11.3 Å². The second kappa shape index (κ2) is 4.75. The van der Waals surface area contributed by atoms with Crippen LogP contribution in [0.1, 0.15) is 0 Å². The highest BCUT2D eigenvalue weighted by atomic mass is 127. The lowest BCUT2D eigenvalue weighted by Gasteiger charge is -1.85. The fourth-order valence-corrected chi connectivity index (χ4v) is 4.90. The van der Waals surface area contributed by atoms with E-state index in [2.05, 4.69) is 64.4 Å². The van der Waals surface area contributed by atoms with Gasteiger partial charge in [-0.15, -0.1) is 0 Å². The number of halogens is 2. The van der Waals surface area contributed by atoms with E-state index in [-0.39, 0.29) is 21.2 Å². The lowest BCUT2D eigenvalue weighted by molar-refractivity contribution is -0.591. The van der Waals surface area contributed by atoms with Gasteiger partial charge in [0.2, 0.25) is 2.88 Å². The Morgan fingerprint density at radius 2 is 1.85 bits per heavy atom. The summed E-state index contributed by atoms with van der Waals surface area (Å²) in [5, 5.41) is 2.15. The SMILES string of the molecule is Ic1ccc([I+]c2cccs2)cc1. The summed E-state index contributed by atoms with van der Waals surface area (Å²) in [5.41, 5.74) is 0. The number of hydrogen-bond donors (Lipinski definition) is 0. The lowest BCUT2D eigenvalue weighted by Crippen LogP contribution is -3.61. The lowest BCUT2D eigenvalue weighted by atomic mass is 10.4. The maximum atomic E-state index is 2.34. The quantitative estimate of drug-likeness (QED) is 0.629. The molecule has 3 heteroatoms. The Morgan fingerprint density at radius 3 is 2.46 bits per heavy atom. The smallest absolute Gasteiger partial charge is 0.0963 e. The van der Waals surface area contributed by atoms with Gasteiger partial charge in [0, 0.05) is 9.64 Å². The first-order valence-corrected chi connectivity index (χ1v) is 7.90. The van der Waals surface area contributed by atoms with Crippen molar-refractivity contribution in [3.8, 4) is 0 Å². The first-order chi connectivity index (χ1) is 6.34. The van der Waals surface area contributed by atoms with Crippen LogP contribution in [0.15, 0.2) is 41.8 Å². The van der Waals surface area contributed by atoms with Crippen LogP contribution in [0.5, 0.6) is 0 Å². The summed E-state index contributed by atoms with van der Waals surface area (Å²) < 4.78 is 4.36. The van der Waals surface area contributed by atoms with Crippen molar-refractivity contribution in [1.82, 2.24) is 0 Å². The van der Waals surface area contributed by atoms with Gasteiger partial charge in [0.05, 0.1) is 0 Å². The number of rotatable bonds is 2. The number of benzene rings is 1. The zero-order valence-corrected chi connectivity index (χ0v) is 11.8. The molecule has 0 spiro atoms. The third kappa shape index (κ3) is 2.92. The minimum Gasteiger partial charge on any atom is -0.0963 e. The highest BCUT2D eigenvalue weighted by Crippen LogP contribution is 2.01. The van der Waals surface area contributed by atoms with Crippen molar-refractivity contribution in [1.29, 1.82) is 0 Å². The number of hydrogen-bond acceptors (Lipinski definition) is 1. The van der Waals surface area contributed by atoms with Crippen LogP contribution in [0, 0.1) is 10.0 Å². The molecule has 0 aliphatic rings. The molecule has 0 N–H and O–H groups in total. The Morgan fingerprint density at radius 1 is 1.08 bits per heavy atom. The molecule has 0 nitrogen and oxygen atoms in total. The highest BCUT2D eigenvalue weighted by Gasteiger charge is 2.15. The van der Waals surface area contributed by atoms with Gasteiger partial charge < -0.3 is 0 Å². The van der Waals surface area contributed by atoms with Crippen LogP contribution >= 0.6 is 33.9 Å². The van der Waals surface area contributed by atoms with E-state index in [0.717, 1.165) is 0 Å². The minimum absolute atomic E-state index is 0.0687. The van der Waals surface area contributed by atoms with Gasteiger partial charge in [0.1, 0.15) is 0 Å². The van der Waals surface area contributed by atoms with E-state index in [4.69, 9.17) is 0 Å². The zero-order valence-electron chi connectivity index (χ0n) is 6.71. The third-order valence-electron chi connectivity index (χ3n) is 1.49. The van der Waals surface area contributed by atoms with Crippen molar-refractivity contribution in [2.75, 3.05) is 0 Å². The highest BCUT2D eigenvalue weighted by molar-refractivity contribution is 14.1. The van der Waals surface area contributed by atoms with Crippen LogP contribution in [0.2, 0.25) is 0 Å².